The maximum Gasteiger partial charge on any atom is 0.269 e. The van der Waals surface area contributed by atoms with E-state index in [1.165, 1.54) is 40.2 Å². The number of amides is 1. The molecule has 0 fully saturated rings. The number of non-ortho nitro benzene ring substituents is 1. The van der Waals surface area contributed by atoms with E-state index in [9.17, 15) is 19.7 Å². The Morgan fingerprint density at radius 1 is 1.20 bits per heavy atom. The molecule has 0 radical (unpaired) electrons. The first-order chi connectivity index (χ1) is 19.9. The van der Waals surface area contributed by atoms with Crippen LogP contribution >= 0.6 is 23.1 Å². The number of ether oxygens (including phenoxy) is 1. The molecule has 3 aromatic heterocycles. The molecule has 4 heterocycles. The van der Waals surface area contributed by atoms with Gasteiger partial charge in [0.15, 0.2) is 10.8 Å². The topological polar surface area (TPSA) is 149 Å². The maximum absolute atomic E-state index is 13.5. The van der Waals surface area contributed by atoms with Crippen LogP contribution in [0.1, 0.15) is 22.9 Å². The van der Waals surface area contributed by atoms with Crippen LogP contribution in [0, 0.1) is 10.1 Å². The van der Waals surface area contributed by atoms with Gasteiger partial charge >= 0.3 is 0 Å². The number of hydrazone groups is 1. The number of carbonyl (C=O) groups is 1. The zero-order valence-electron chi connectivity index (χ0n) is 21.5. The van der Waals surface area contributed by atoms with Crippen LogP contribution in [0.15, 0.2) is 87.3 Å². The monoisotopic (exact) mass is 587 g/mol. The molecule has 206 valence electrons. The van der Waals surface area contributed by atoms with Crippen molar-refractivity contribution in [1.29, 1.82) is 0 Å². The predicted molar refractivity (Wildman–Crippen MR) is 155 cm³/mol. The van der Waals surface area contributed by atoms with Crippen molar-refractivity contribution in [3.63, 3.8) is 0 Å². The number of rotatable bonds is 8. The number of H-pyrrole nitrogens is 1. The van der Waals surface area contributed by atoms with Crippen molar-refractivity contribution in [1.82, 2.24) is 24.8 Å². The summed E-state index contributed by atoms with van der Waals surface area (Å²) in [5.74, 6) is 0.459. The lowest BCUT2D eigenvalue weighted by molar-refractivity contribution is -0.384. The zero-order valence-corrected chi connectivity index (χ0v) is 23.1. The van der Waals surface area contributed by atoms with E-state index < -0.39 is 10.5 Å². The minimum atomic E-state index is -0.493. The summed E-state index contributed by atoms with van der Waals surface area (Å²) in [4.78, 5) is 45.0. The average Bonchev–Trinajstić information content (AvgIpc) is 3.76. The molecule has 5 aromatic rings. The molecule has 1 amide bonds. The minimum Gasteiger partial charge on any atom is -0.497 e. The highest BCUT2D eigenvalue weighted by molar-refractivity contribution is 7.99. The molecule has 6 rings (SSSR count). The number of nitro groups is 1. The highest BCUT2D eigenvalue weighted by Crippen LogP contribution is 2.35. The first-order valence-electron chi connectivity index (χ1n) is 12.3. The number of fused-ring (bicyclic) bond motifs is 1. The molecule has 12 nitrogen and oxygen atoms in total. The van der Waals surface area contributed by atoms with Gasteiger partial charge in [0.2, 0.25) is 0 Å². The summed E-state index contributed by atoms with van der Waals surface area (Å²) in [7, 11) is 1.60. The minimum absolute atomic E-state index is 0.0199. The third-order valence-corrected chi connectivity index (χ3v) is 8.30. The Bertz CT molecular complexity index is 1830. The summed E-state index contributed by atoms with van der Waals surface area (Å²) >= 11 is 2.65. The van der Waals surface area contributed by atoms with Crippen LogP contribution in [0.2, 0.25) is 0 Å². The van der Waals surface area contributed by atoms with E-state index in [1.807, 2.05) is 41.8 Å². The third-order valence-electron chi connectivity index (χ3n) is 6.53. The Balaban J connectivity index is 1.25. The fourth-order valence-electron chi connectivity index (χ4n) is 4.48. The van der Waals surface area contributed by atoms with Gasteiger partial charge in [-0.15, -0.1) is 11.3 Å². The number of benzene rings is 2. The Morgan fingerprint density at radius 3 is 2.66 bits per heavy atom. The fourth-order valence-corrected chi connectivity index (χ4v) is 5.91. The molecule has 0 aliphatic carbocycles. The summed E-state index contributed by atoms with van der Waals surface area (Å²) in [6, 6.07) is 17.0. The molecule has 1 unspecified atom stereocenters. The molecular weight excluding hydrogens is 566 g/mol. The second kappa shape index (κ2) is 11.0. The summed E-state index contributed by atoms with van der Waals surface area (Å²) in [6.45, 7) is 0. The average molecular weight is 588 g/mol. The summed E-state index contributed by atoms with van der Waals surface area (Å²) in [5, 5.41) is 23.9. The molecule has 1 aliphatic rings. The maximum atomic E-state index is 13.5. The number of thioether (sulfide) groups is 1. The number of nitrogens with zero attached hydrogens (tertiary/aromatic N) is 6. The molecule has 0 bridgehead atoms. The Hall–Kier alpha value is -4.82. The molecule has 0 saturated heterocycles. The van der Waals surface area contributed by atoms with Crippen molar-refractivity contribution in [2.75, 3.05) is 12.9 Å². The Labute approximate surface area is 240 Å². The van der Waals surface area contributed by atoms with Crippen molar-refractivity contribution >= 4 is 51.4 Å². The molecule has 41 heavy (non-hydrogen) atoms. The highest BCUT2D eigenvalue weighted by atomic mass is 32.2. The van der Waals surface area contributed by atoms with Crippen LogP contribution in [-0.2, 0) is 4.79 Å². The normalized spacial score (nSPS) is 14.8. The van der Waals surface area contributed by atoms with E-state index in [0.717, 1.165) is 33.7 Å². The lowest BCUT2D eigenvalue weighted by Gasteiger charge is -2.22. The fraction of sp³-hybridized carbons (Fsp3) is 0.148. The van der Waals surface area contributed by atoms with Crippen molar-refractivity contribution in [3.05, 3.63) is 103 Å². The quantitative estimate of drug-likeness (QED) is 0.120. The van der Waals surface area contributed by atoms with E-state index >= 15 is 0 Å². The molecule has 1 atom stereocenters. The first-order valence-corrected chi connectivity index (χ1v) is 14.2. The van der Waals surface area contributed by atoms with Crippen LogP contribution in [0.4, 0.5) is 5.69 Å². The number of hydrogen-bond acceptors (Lipinski definition) is 10. The molecule has 0 spiro atoms. The van der Waals surface area contributed by atoms with Crippen molar-refractivity contribution < 1.29 is 14.5 Å². The molecular formula is C27H21N7O5S2. The summed E-state index contributed by atoms with van der Waals surface area (Å²) in [6.07, 6.45) is 1.95. The van der Waals surface area contributed by atoms with Gasteiger partial charge in [0.25, 0.3) is 17.2 Å². The third kappa shape index (κ3) is 5.21. The van der Waals surface area contributed by atoms with Crippen LogP contribution < -0.4 is 10.3 Å². The number of aromatic amines is 1. The lowest BCUT2D eigenvalue weighted by atomic mass is 10.0. The van der Waals surface area contributed by atoms with Gasteiger partial charge < -0.3 is 9.72 Å². The SMILES string of the molecule is COc1ccc(C2CC(c3cccs3)=NN2C(=O)CSc2nc3c(cnn3-c3ccc([N+](=O)[O-])cc3)c(=O)[nH]2)cc1. The van der Waals surface area contributed by atoms with Crippen LogP contribution in [-0.4, -0.2) is 54.2 Å². The molecule has 0 saturated carbocycles. The largest absolute Gasteiger partial charge is 0.497 e. The predicted octanol–water partition coefficient (Wildman–Crippen LogP) is 4.56. The van der Waals surface area contributed by atoms with E-state index in [-0.39, 0.29) is 39.6 Å². The number of hydrogen-bond donors (Lipinski definition) is 1. The number of carbonyl (C=O) groups excluding carboxylic acids is 1. The second-order valence-corrected chi connectivity index (χ2v) is 10.9. The smallest absolute Gasteiger partial charge is 0.269 e. The van der Waals surface area contributed by atoms with Gasteiger partial charge in [-0.1, -0.05) is 30.0 Å². The number of nitrogens with one attached hydrogen (secondary N) is 1. The van der Waals surface area contributed by atoms with Crippen molar-refractivity contribution in [2.24, 2.45) is 5.10 Å². The van der Waals surface area contributed by atoms with E-state index in [2.05, 4.69) is 20.2 Å². The van der Waals surface area contributed by atoms with Crippen LogP contribution in [0.5, 0.6) is 5.75 Å². The van der Waals surface area contributed by atoms with Gasteiger partial charge in [0, 0.05) is 18.6 Å². The first kappa shape index (κ1) is 26.4. The van der Waals surface area contributed by atoms with Crippen LogP contribution in [0.25, 0.3) is 16.7 Å². The lowest BCUT2D eigenvalue weighted by Crippen LogP contribution is -2.28. The van der Waals surface area contributed by atoms with Gasteiger partial charge in [0.1, 0.15) is 11.1 Å². The number of thiophene rings is 1. The van der Waals surface area contributed by atoms with Crippen LogP contribution in [0.3, 0.4) is 0 Å². The van der Waals surface area contributed by atoms with Gasteiger partial charge in [-0.25, -0.2) is 14.7 Å². The van der Waals surface area contributed by atoms with Gasteiger partial charge in [-0.05, 0) is 41.3 Å². The van der Waals surface area contributed by atoms with Gasteiger partial charge in [0.05, 0.1) is 46.3 Å². The highest BCUT2D eigenvalue weighted by Gasteiger charge is 2.33. The molecule has 14 heteroatoms. The zero-order chi connectivity index (χ0) is 28.5. The number of nitro benzene ring substituents is 1. The Morgan fingerprint density at radius 2 is 1.98 bits per heavy atom. The number of aromatic nitrogens is 4. The molecule has 2 aromatic carbocycles. The van der Waals surface area contributed by atoms with E-state index in [0.29, 0.717) is 12.1 Å². The van der Waals surface area contributed by atoms with E-state index in [4.69, 9.17) is 4.74 Å². The summed E-state index contributed by atoms with van der Waals surface area (Å²) < 4.78 is 6.71. The van der Waals surface area contributed by atoms with E-state index in [1.54, 1.807) is 18.4 Å². The van der Waals surface area contributed by atoms with Gasteiger partial charge in [-0.2, -0.15) is 10.2 Å². The second-order valence-electron chi connectivity index (χ2n) is 8.98. The Kier molecular flexibility index (Phi) is 7.07. The molecule has 1 N–H and O–H groups in total. The summed E-state index contributed by atoms with van der Waals surface area (Å²) in [5.41, 5.74) is 2.07. The van der Waals surface area contributed by atoms with Gasteiger partial charge in [-0.3, -0.25) is 19.7 Å². The van der Waals surface area contributed by atoms with Crippen molar-refractivity contribution in [2.45, 2.75) is 17.6 Å². The standard InChI is InChI=1S/C27H21N7O5S2/c1-39-19-10-4-16(5-11-19)22-13-21(23-3-2-12-40-23)31-33(22)24(35)15-41-27-29-25-20(26(36)30-27)14-28-32(25)17-6-8-18(9-7-17)34(37)38/h2-12,14,22H,13,15H2,1H3,(H,29,30,36). The van der Waals surface area contributed by atoms with Crippen molar-refractivity contribution in [3.8, 4) is 11.4 Å². The number of methoxy groups -OCH3 is 1. The molecule has 1 aliphatic heterocycles.